The van der Waals surface area contributed by atoms with Crippen molar-refractivity contribution in [3.63, 3.8) is 0 Å². The number of hydrogen-bond donors (Lipinski definition) is 2. The maximum absolute atomic E-state index is 8.70. The van der Waals surface area contributed by atoms with E-state index >= 15 is 0 Å². The highest BCUT2D eigenvalue weighted by atomic mass is 15.3. The second kappa shape index (κ2) is 4.99. The first kappa shape index (κ1) is 11.0. The summed E-state index contributed by atoms with van der Waals surface area (Å²) in [7, 11) is 0. The Morgan fingerprint density at radius 3 is 3.06 bits per heavy atom. The van der Waals surface area contributed by atoms with Crippen LogP contribution in [0, 0.1) is 11.3 Å². The molecule has 0 amide bonds. The van der Waals surface area contributed by atoms with Crippen LogP contribution in [0.1, 0.15) is 5.69 Å². The molecule has 6 heteroatoms. The minimum Gasteiger partial charge on any atom is -0.396 e. The minimum atomic E-state index is 0.401. The largest absolute Gasteiger partial charge is 0.396 e. The highest BCUT2D eigenvalue weighted by Crippen LogP contribution is 2.04. The molecule has 0 aliphatic rings. The van der Waals surface area contributed by atoms with E-state index in [0.29, 0.717) is 30.3 Å². The number of nitrogens with two attached hydrogens (primary N) is 1. The lowest BCUT2D eigenvalue weighted by Crippen LogP contribution is -2.11. The molecule has 0 saturated heterocycles. The summed E-state index contributed by atoms with van der Waals surface area (Å²) in [5, 5.41) is 15.9. The first-order valence-corrected chi connectivity index (χ1v) is 5.17. The maximum atomic E-state index is 8.70. The van der Waals surface area contributed by atoms with Gasteiger partial charge >= 0.3 is 0 Å². The molecule has 0 radical (unpaired) electrons. The van der Waals surface area contributed by atoms with Gasteiger partial charge in [0.2, 0.25) is 0 Å². The van der Waals surface area contributed by atoms with Crippen molar-refractivity contribution in [3.05, 3.63) is 36.3 Å². The van der Waals surface area contributed by atoms with E-state index in [-0.39, 0.29) is 0 Å². The number of rotatable bonds is 4. The minimum absolute atomic E-state index is 0.401. The number of nitriles is 1. The fourth-order valence-electron chi connectivity index (χ4n) is 1.40. The van der Waals surface area contributed by atoms with Gasteiger partial charge in [-0.2, -0.15) is 10.4 Å². The Morgan fingerprint density at radius 1 is 1.47 bits per heavy atom. The van der Waals surface area contributed by atoms with Crippen molar-refractivity contribution in [2.24, 2.45) is 0 Å². The monoisotopic (exact) mass is 228 g/mol. The Hall–Kier alpha value is -2.55. The third-order valence-corrected chi connectivity index (χ3v) is 2.16. The second-order valence-corrected chi connectivity index (χ2v) is 3.48. The number of nitrogen functional groups attached to an aromatic ring is 1. The van der Waals surface area contributed by atoms with Crippen molar-refractivity contribution in [1.82, 2.24) is 14.8 Å². The summed E-state index contributed by atoms with van der Waals surface area (Å²) in [6.45, 7) is 1.36. The number of anilines is 2. The molecule has 0 spiro atoms. The van der Waals surface area contributed by atoms with E-state index in [2.05, 4.69) is 15.4 Å². The van der Waals surface area contributed by atoms with Crippen LogP contribution in [0.3, 0.4) is 0 Å². The highest BCUT2D eigenvalue weighted by Gasteiger charge is 1.97. The Bertz CT molecular complexity index is 539. The third-order valence-electron chi connectivity index (χ3n) is 2.16. The molecule has 2 heterocycles. The van der Waals surface area contributed by atoms with Crippen molar-refractivity contribution in [3.8, 4) is 6.07 Å². The molecule has 3 N–H and O–H groups in total. The Labute approximate surface area is 98.7 Å². The smallest absolute Gasteiger partial charge is 0.142 e. The molecular formula is C11H12N6. The Kier molecular flexibility index (Phi) is 3.21. The van der Waals surface area contributed by atoms with Crippen LogP contribution in [-0.4, -0.2) is 21.3 Å². The van der Waals surface area contributed by atoms with Crippen molar-refractivity contribution in [2.45, 2.75) is 6.54 Å². The van der Waals surface area contributed by atoms with E-state index in [1.807, 2.05) is 12.1 Å². The fraction of sp³-hybridized carbons (Fsp3) is 0.182. The van der Waals surface area contributed by atoms with E-state index < -0.39 is 0 Å². The molecule has 0 bridgehead atoms. The zero-order valence-corrected chi connectivity index (χ0v) is 9.17. The first-order valence-electron chi connectivity index (χ1n) is 5.17. The van der Waals surface area contributed by atoms with Gasteiger partial charge in [-0.1, -0.05) is 6.07 Å². The fourth-order valence-corrected chi connectivity index (χ4v) is 1.40. The molecule has 0 fully saturated rings. The number of nitrogens with one attached hydrogen (secondary N) is 1. The summed E-state index contributed by atoms with van der Waals surface area (Å²) in [5.74, 6) is 0.684. The van der Waals surface area contributed by atoms with Crippen LogP contribution in [0.15, 0.2) is 30.6 Å². The average molecular weight is 228 g/mol. The summed E-state index contributed by atoms with van der Waals surface area (Å²) in [6.07, 6.45) is 3.37. The molecule has 2 rings (SSSR count). The van der Waals surface area contributed by atoms with Crippen molar-refractivity contribution >= 4 is 11.5 Å². The molecule has 0 aliphatic heterocycles. The van der Waals surface area contributed by atoms with Crippen molar-refractivity contribution in [2.75, 3.05) is 17.6 Å². The summed E-state index contributed by atoms with van der Waals surface area (Å²) in [5.41, 5.74) is 6.60. The number of hydrogen-bond acceptors (Lipinski definition) is 5. The van der Waals surface area contributed by atoms with Gasteiger partial charge in [-0.3, -0.25) is 4.68 Å². The Balaban J connectivity index is 1.88. The van der Waals surface area contributed by atoms with Crippen LogP contribution in [0.4, 0.5) is 11.5 Å². The zero-order valence-electron chi connectivity index (χ0n) is 9.17. The van der Waals surface area contributed by atoms with Crippen LogP contribution in [0.2, 0.25) is 0 Å². The van der Waals surface area contributed by atoms with E-state index in [9.17, 15) is 0 Å². The number of pyridine rings is 1. The Morgan fingerprint density at radius 2 is 2.35 bits per heavy atom. The topological polar surface area (TPSA) is 92.5 Å². The van der Waals surface area contributed by atoms with Crippen molar-refractivity contribution < 1.29 is 0 Å². The SMILES string of the molecule is N#Cc1cccc(NCCn2cc(N)cn2)n1. The van der Waals surface area contributed by atoms with Crippen LogP contribution in [-0.2, 0) is 6.54 Å². The molecule has 0 atom stereocenters. The van der Waals surface area contributed by atoms with Gasteiger partial charge in [0.25, 0.3) is 0 Å². The van der Waals surface area contributed by atoms with Gasteiger partial charge in [0.05, 0.1) is 18.4 Å². The molecule has 2 aromatic rings. The van der Waals surface area contributed by atoms with Crippen LogP contribution in [0.5, 0.6) is 0 Å². The molecular weight excluding hydrogens is 216 g/mol. The van der Waals surface area contributed by atoms with Gasteiger partial charge in [-0.05, 0) is 12.1 Å². The predicted molar refractivity (Wildman–Crippen MR) is 64.1 cm³/mol. The lowest BCUT2D eigenvalue weighted by molar-refractivity contribution is 0.637. The van der Waals surface area contributed by atoms with Gasteiger partial charge in [0, 0.05) is 12.7 Å². The van der Waals surface area contributed by atoms with Gasteiger partial charge in [0.1, 0.15) is 17.6 Å². The summed E-state index contributed by atoms with van der Waals surface area (Å²) < 4.78 is 1.75. The molecule has 0 aromatic carbocycles. The predicted octanol–water partition coefficient (Wildman–Crippen LogP) is 0.844. The molecule has 17 heavy (non-hydrogen) atoms. The molecule has 2 aromatic heterocycles. The van der Waals surface area contributed by atoms with Gasteiger partial charge in [-0.15, -0.1) is 0 Å². The summed E-state index contributed by atoms with van der Waals surface area (Å²) in [6, 6.07) is 7.27. The van der Waals surface area contributed by atoms with E-state index in [4.69, 9.17) is 11.0 Å². The maximum Gasteiger partial charge on any atom is 0.142 e. The summed E-state index contributed by atoms with van der Waals surface area (Å²) >= 11 is 0. The van der Waals surface area contributed by atoms with E-state index in [1.54, 1.807) is 29.2 Å². The van der Waals surface area contributed by atoms with Gasteiger partial charge in [-0.25, -0.2) is 4.98 Å². The lowest BCUT2D eigenvalue weighted by atomic mass is 10.3. The second-order valence-electron chi connectivity index (χ2n) is 3.48. The molecule has 0 saturated carbocycles. The lowest BCUT2D eigenvalue weighted by Gasteiger charge is -2.05. The highest BCUT2D eigenvalue weighted by molar-refractivity contribution is 5.38. The average Bonchev–Trinajstić information content (AvgIpc) is 2.75. The van der Waals surface area contributed by atoms with Crippen LogP contribution in [0.25, 0.3) is 0 Å². The van der Waals surface area contributed by atoms with Gasteiger partial charge in [0.15, 0.2) is 0 Å². The number of aromatic nitrogens is 3. The molecule has 0 aliphatic carbocycles. The summed E-state index contributed by atoms with van der Waals surface area (Å²) in [4.78, 5) is 4.10. The standard InChI is InChI=1S/C11H12N6/c12-6-10-2-1-3-11(16-10)14-4-5-17-8-9(13)7-15-17/h1-3,7-8H,4-5,13H2,(H,14,16). The van der Waals surface area contributed by atoms with Gasteiger partial charge < -0.3 is 11.1 Å². The van der Waals surface area contributed by atoms with Crippen LogP contribution < -0.4 is 11.1 Å². The molecule has 6 nitrogen and oxygen atoms in total. The van der Waals surface area contributed by atoms with Crippen LogP contribution >= 0.6 is 0 Å². The molecule has 86 valence electrons. The first-order chi connectivity index (χ1) is 8.28. The quantitative estimate of drug-likeness (QED) is 0.809. The normalized spacial score (nSPS) is 9.82. The van der Waals surface area contributed by atoms with Crippen molar-refractivity contribution in [1.29, 1.82) is 5.26 Å². The molecule has 0 unspecified atom stereocenters. The van der Waals surface area contributed by atoms with E-state index in [1.165, 1.54) is 0 Å². The van der Waals surface area contributed by atoms with E-state index in [0.717, 1.165) is 0 Å². The number of nitrogens with zero attached hydrogens (tertiary/aromatic N) is 4. The third kappa shape index (κ3) is 2.95. The zero-order chi connectivity index (χ0) is 12.1.